The maximum atomic E-state index is 11.9. The minimum absolute atomic E-state index is 0.129. The van der Waals surface area contributed by atoms with Gasteiger partial charge >= 0.3 is 12.1 Å². The third kappa shape index (κ3) is 5.37. The molecule has 0 unspecified atom stereocenters. The minimum atomic E-state index is -1.01. The first-order valence-corrected chi connectivity index (χ1v) is 8.09. The zero-order valence-corrected chi connectivity index (χ0v) is 13.5. The molecule has 0 fully saturated rings. The number of alkyl carbamates (subject to hydrolysis) is 1. The van der Waals surface area contributed by atoms with Crippen molar-refractivity contribution in [2.45, 2.75) is 32.4 Å². The van der Waals surface area contributed by atoms with E-state index in [1.165, 1.54) is 11.3 Å². The largest absolute Gasteiger partial charge is 0.481 e. The molecule has 0 aliphatic heterocycles. The van der Waals surface area contributed by atoms with E-state index in [4.69, 9.17) is 9.84 Å². The molecule has 2 rings (SSSR count). The number of aryl methyl sites for hydroxylation is 1. The van der Waals surface area contributed by atoms with Gasteiger partial charge in [0.25, 0.3) is 0 Å². The number of hydrogen-bond acceptors (Lipinski definition) is 5. The lowest BCUT2D eigenvalue weighted by atomic mass is 10.1. The second-order valence-electron chi connectivity index (χ2n) is 4.88. The van der Waals surface area contributed by atoms with Crippen LogP contribution in [0.1, 0.15) is 35.7 Å². The fraction of sp³-hybridized carbons (Fsp3) is 0.312. The van der Waals surface area contributed by atoms with Crippen LogP contribution in [0.15, 0.2) is 35.7 Å². The minimum Gasteiger partial charge on any atom is -0.481 e. The van der Waals surface area contributed by atoms with Gasteiger partial charge in [-0.1, -0.05) is 37.3 Å². The summed E-state index contributed by atoms with van der Waals surface area (Å²) in [6.07, 6.45) is -0.137. The van der Waals surface area contributed by atoms with Gasteiger partial charge in [-0.3, -0.25) is 4.79 Å². The van der Waals surface area contributed by atoms with E-state index in [0.29, 0.717) is 5.69 Å². The number of carboxylic acids is 1. The van der Waals surface area contributed by atoms with E-state index < -0.39 is 18.1 Å². The Kier molecular flexibility index (Phi) is 6.10. The van der Waals surface area contributed by atoms with E-state index in [1.807, 2.05) is 37.3 Å². The summed E-state index contributed by atoms with van der Waals surface area (Å²) in [4.78, 5) is 27.2. The van der Waals surface area contributed by atoms with Crippen molar-refractivity contribution in [3.8, 4) is 0 Å². The van der Waals surface area contributed by atoms with E-state index in [0.717, 1.165) is 17.0 Å². The summed E-state index contributed by atoms with van der Waals surface area (Å²) in [7, 11) is 0. The molecule has 122 valence electrons. The van der Waals surface area contributed by atoms with Gasteiger partial charge in [0.2, 0.25) is 0 Å². The average molecular weight is 334 g/mol. The monoisotopic (exact) mass is 334 g/mol. The topological polar surface area (TPSA) is 88.5 Å². The van der Waals surface area contributed by atoms with Gasteiger partial charge < -0.3 is 15.2 Å². The zero-order chi connectivity index (χ0) is 16.7. The Hall–Kier alpha value is -2.41. The molecule has 1 aromatic heterocycles. The van der Waals surface area contributed by atoms with Gasteiger partial charge in [-0.2, -0.15) is 0 Å². The lowest BCUT2D eigenvalue weighted by molar-refractivity contribution is -0.137. The van der Waals surface area contributed by atoms with Crippen LogP contribution in [0, 0.1) is 0 Å². The highest BCUT2D eigenvalue weighted by Crippen LogP contribution is 2.20. The van der Waals surface area contributed by atoms with E-state index in [9.17, 15) is 9.59 Å². The molecule has 6 nitrogen and oxygen atoms in total. The van der Waals surface area contributed by atoms with Gasteiger partial charge in [0, 0.05) is 5.38 Å². The Bertz CT molecular complexity index is 657. The van der Waals surface area contributed by atoms with Gasteiger partial charge in [0.1, 0.15) is 6.61 Å². The number of hydrogen-bond donors (Lipinski definition) is 2. The molecular formula is C16H18N2O4S. The summed E-state index contributed by atoms with van der Waals surface area (Å²) >= 11 is 1.45. The number of nitrogens with zero attached hydrogens (tertiary/aromatic N) is 1. The van der Waals surface area contributed by atoms with Crippen LogP contribution in [0.5, 0.6) is 0 Å². The van der Waals surface area contributed by atoms with Crippen LogP contribution in [-0.2, 0) is 22.6 Å². The number of thiazole rings is 1. The van der Waals surface area contributed by atoms with Crippen LogP contribution in [0.4, 0.5) is 4.79 Å². The van der Waals surface area contributed by atoms with Crippen LogP contribution < -0.4 is 5.32 Å². The third-order valence-electron chi connectivity index (χ3n) is 3.11. The van der Waals surface area contributed by atoms with Crippen molar-refractivity contribution in [2.24, 2.45) is 0 Å². The number of rotatable bonds is 7. The molecular weight excluding hydrogens is 316 g/mol. The lowest BCUT2D eigenvalue weighted by Gasteiger charge is -2.15. The summed E-state index contributed by atoms with van der Waals surface area (Å²) < 4.78 is 5.13. The molecule has 7 heteroatoms. The summed E-state index contributed by atoms with van der Waals surface area (Å²) in [6.45, 7) is 2.10. The number of aliphatic carboxylic acids is 1. The quantitative estimate of drug-likeness (QED) is 0.812. The molecule has 0 saturated heterocycles. The fourth-order valence-corrected chi connectivity index (χ4v) is 2.76. The maximum Gasteiger partial charge on any atom is 0.408 e. The summed E-state index contributed by atoms with van der Waals surface area (Å²) in [5.74, 6) is -1.01. The zero-order valence-electron chi connectivity index (χ0n) is 12.7. The molecule has 0 aliphatic carbocycles. The number of aromatic nitrogens is 1. The van der Waals surface area contributed by atoms with Crippen molar-refractivity contribution in [1.82, 2.24) is 10.3 Å². The van der Waals surface area contributed by atoms with E-state index in [1.54, 1.807) is 5.38 Å². The van der Waals surface area contributed by atoms with Gasteiger partial charge in [0.05, 0.1) is 23.2 Å². The number of carboxylic acid groups (broad SMARTS) is 1. The van der Waals surface area contributed by atoms with Crippen LogP contribution >= 0.6 is 11.3 Å². The smallest absolute Gasteiger partial charge is 0.408 e. The Labute approximate surface area is 138 Å². The fourth-order valence-electron chi connectivity index (χ4n) is 1.96. The molecule has 0 saturated carbocycles. The third-order valence-corrected chi connectivity index (χ3v) is 4.12. The maximum absolute atomic E-state index is 11.9. The summed E-state index contributed by atoms with van der Waals surface area (Å²) in [6, 6.07) is 8.57. The van der Waals surface area contributed by atoms with Crippen LogP contribution in [0.3, 0.4) is 0 Å². The van der Waals surface area contributed by atoms with Gasteiger partial charge in [0.15, 0.2) is 0 Å². The van der Waals surface area contributed by atoms with E-state index in [2.05, 4.69) is 10.3 Å². The van der Waals surface area contributed by atoms with E-state index >= 15 is 0 Å². The number of carbonyl (C=O) groups excluding carboxylic acids is 1. The molecule has 0 aliphatic rings. The Morgan fingerprint density at radius 3 is 2.70 bits per heavy atom. The van der Waals surface area contributed by atoms with Gasteiger partial charge in [-0.15, -0.1) is 11.3 Å². The molecule has 2 aromatic rings. The van der Waals surface area contributed by atoms with Crippen molar-refractivity contribution >= 4 is 23.4 Å². The molecule has 1 atom stereocenters. The number of benzene rings is 1. The lowest BCUT2D eigenvalue weighted by Crippen LogP contribution is -2.31. The van der Waals surface area contributed by atoms with Crippen molar-refractivity contribution in [3.05, 3.63) is 52.0 Å². The van der Waals surface area contributed by atoms with Gasteiger partial charge in [-0.25, -0.2) is 9.78 Å². The van der Waals surface area contributed by atoms with E-state index in [-0.39, 0.29) is 13.0 Å². The standard InChI is InChI=1S/C16H18N2O4S/c1-2-14-17-13(10-23-14)12(8-15(19)20)18-16(21)22-9-11-6-4-3-5-7-11/h3-7,10,12H,2,8-9H2,1H3,(H,18,21)(H,19,20)/t12-/m1/s1. The first-order valence-electron chi connectivity index (χ1n) is 7.21. The predicted molar refractivity (Wildman–Crippen MR) is 86.2 cm³/mol. The van der Waals surface area contributed by atoms with Crippen LogP contribution in [-0.4, -0.2) is 22.2 Å². The van der Waals surface area contributed by atoms with Crippen molar-refractivity contribution in [1.29, 1.82) is 0 Å². The predicted octanol–water partition coefficient (Wildman–Crippen LogP) is 3.15. The molecule has 23 heavy (non-hydrogen) atoms. The van der Waals surface area contributed by atoms with Crippen molar-refractivity contribution < 1.29 is 19.4 Å². The highest BCUT2D eigenvalue weighted by Gasteiger charge is 2.21. The second-order valence-corrected chi connectivity index (χ2v) is 5.82. The molecule has 1 amide bonds. The Morgan fingerprint density at radius 1 is 1.35 bits per heavy atom. The Morgan fingerprint density at radius 2 is 2.09 bits per heavy atom. The molecule has 0 radical (unpaired) electrons. The van der Waals surface area contributed by atoms with Crippen molar-refractivity contribution in [3.63, 3.8) is 0 Å². The number of ether oxygens (including phenoxy) is 1. The first-order chi connectivity index (χ1) is 11.1. The van der Waals surface area contributed by atoms with Crippen LogP contribution in [0.2, 0.25) is 0 Å². The van der Waals surface area contributed by atoms with Gasteiger partial charge in [-0.05, 0) is 12.0 Å². The molecule has 1 heterocycles. The number of amides is 1. The summed E-state index contributed by atoms with van der Waals surface area (Å²) in [5.41, 5.74) is 1.41. The summed E-state index contributed by atoms with van der Waals surface area (Å²) in [5, 5.41) is 14.3. The first kappa shape index (κ1) is 17.0. The van der Waals surface area contributed by atoms with Crippen LogP contribution in [0.25, 0.3) is 0 Å². The SMILES string of the molecule is CCc1nc([C@@H](CC(=O)O)NC(=O)OCc2ccccc2)cs1. The Balaban J connectivity index is 1.96. The molecule has 0 bridgehead atoms. The van der Waals surface area contributed by atoms with Crippen molar-refractivity contribution in [2.75, 3.05) is 0 Å². The number of nitrogens with one attached hydrogen (secondary N) is 1. The normalized spacial score (nSPS) is 11.7. The molecule has 2 N–H and O–H groups in total. The highest BCUT2D eigenvalue weighted by molar-refractivity contribution is 7.09. The number of carbonyl (C=O) groups is 2. The molecule has 1 aromatic carbocycles. The highest BCUT2D eigenvalue weighted by atomic mass is 32.1. The second kappa shape index (κ2) is 8.28. The molecule has 0 spiro atoms. The average Bonchev–Trinajstić information content (AvgIpc) is 3.02.